The van der Waals surface area contributed by atoms with Gasteiger partial charge in [-0.15, -0.1) is 0 Å². The third kappa shape index (κ3) is 1.88. The van der Waals surface area contributed by atoms with E-state index in [-0.39, 0.29) is 0 Å². The van der Waals surface area contributed by atoms with Gasteiger partial charge in [-0.05, 0) is 6.42 Å². The number of benzene rings is 1. The average molecular weight is 260 g/mol. The number of fused-ring (bicyclic) bond motifs is 2. The summed E-state index contributed by atoms with van der Waals surface area (Å²) in [7, 11) is 0. The standard InChI is InChI=1S/C16H21NO2/c1-2-14-10-16(15(18)19)8-9-17(14,12-16)11-13-6-4-3-5-7-13/h3-7,14H,2,8-12H2,1H3/p+1. The summed E-state index contributed by atoms with van der Waals surface area (Å²) in [6, 6.07) is 11.0. The van der Waals surface area contributed by atoms with Gasteiger partial charge in [-0.25, -0.2) is 0 Å². The summed E-state index contributed by atoms with van der Waals surface area (Å²) < 4.78 is 0.993. The minimum Gasteiger partial charge on any atom is -0.481 e. The molecule has 1 aromatic rings. The first kappa shape index (κ1) is 12.7. The van der Waals surface area contributed by atoms with Crippen molar-refractivity contribution in [3.8, 4) is 0 Å². The molecule has 2 fully saturated rings. The first-order valence-electron chi connectivity index (χ1n) is 7.23. The maximum Gasteiger partial charge on any atom is 0.315 e. The fraction of sp³-hybridized carbons (Fsp3) is 0.562. The van der Waals surface area contributed by atoms with Crippen LogP contribution in [0.25, 0.3) is 0 Å². The molecule has 2 saturated heterocycles. The molecule has 0 radical (unpaired) electrons. The molecule has 3 atom stereocenters. The molecule has 0 spiro atoms. The van der Waals surface area contributed by atoms with E-state index in [0.717, 1.165) is 43.4 Å². The number of quaternary nitrogens is 1. The second kappa shape index (κ2) is 4.34. The quantitative estimate of drug-likeness (QED) is 0.845. The summed E-state index contributed by atoms with van der Waals surface area (Å²) in [5.41, 5.74) is 0.902. The van der Waals surface area contributed by atoms with Gasteiger partial charge >= 0.3 is 5.97 Å². The number of hydrogen-bond acceptors (Lipinski definition) is 1. The van der Waals surface area contributed by atoms with Crippen LogP contribution in [-0.2, 0) is 11.3 Å². The first-order valence-corrected chi connectivity index (χ1v) is 7.23. The number of carboxylic acids is 1. The van der Waals surface area contributed by atoms with Gasteiger partial charge < -0.3 is 9.59 Å². The zero-order valence-corrected chi connectivity index (χ0v) is 11.5. The largest absolute Gasteiger partial charge is 0.481 e. The van der Waals surface area contributed by atoms with Crippen LogP contribution in [0.5, 0.6) is 0 Å². The number of hydrogen-bond donors (Lipinski definition) is 1. The molecular weight excluding hydrogens is 238 g/mol. The molecule has 3 rings (SSSR count). The van der Waals surface area contributed by atoms with Gasteiger partial charge in [0.2, 0.25) is 0 Å². The van der Waals surface area contributed by atoms with Crippen LogP contribution in [0, 0.1) is 5.41 Å². The van der Waals surface area contributed by atoms with E-state index in [1.807, 2.05) is 6.07 Å². The van der Waals surface area contributed by atoms with E-state index in [9.17, 15) is 9.90 Å². The molecule has 3 nitrogen and oxygen atoms in total. The fourth-order valence-corrected chi connectivity index (χ4v) is 4.33. The molecule has 1 N–H and O–H groups in total. The molecule has 2 bridgehead atoms. The van der Waals surface area contributed by atoms with E-state index >= 15 is 0 Å². The molecule has 3 unspecified atom stereocenters. The number of piperidine rings is 1. The molecule has 0 amide bonds. The van der Waals surface area contributed by atoms with Crippen LogP contribution >= 0.6 is 0 Å². The molecule has 1 aromatic carbocycles. The van der Waals surface area contributed by atoms with Gasteiger partial charge in [0.25, 0.3) is 0 Å². The topological polar surface area (TPSA) is 37.3 Å². The Morgan fingerprint density at radius 3 is 2.79 bits per heavy atom. The number of nitrogens with zero attached hydrogens (tertiary/aromatic N) is 1. The highest BCUT2D eigenvalue weighted by Crippen LogP contribution is 2.51. The summed E-state index contributed by atoms with van der Waals surface area (Å²) in [5, 5.41) is 9.57. The highest BCUT2D eigenvalue weighted by atomic mass is 16.4. The van der Waals surface area contributed by atoms with E-state index < -0.39 is 11.4 Å². The van der Waals surface area contributed by atoms with Crippen LogP contribution in [-0.4, -0.2) is 34.7 Å². The Balaban J connectivity index is 1.89. The Hall–Kier alpha value is -1.35. The van der Waals surface area contributed by atoms with Gasteiger partial charge in [-0.1, -0.05) is 37.3 Å². The summed E-state index contributed by atoms with van der Waals surface area (Å²) in [4.78, 5) is 11.6. The van der Waals surface area contributed by atoms with Gasteiger partial charge in [0, 0.05) is 18.4 Å². The van der Waals surface area contributed by atoms with Gasteiger partial charge in [0.05, 0.1) is 19.1 Å². The Labute approximate surface area is 114 Å². The second-order valence-corrected chi connectivity index (χ2v) is 6.35. The van der Waals surface area contributed by atoms with Crippen molar-refractivity contribution in [2.45, 2.75) is 38.8 Å². The van der Waals surface area contributed by atoms with Crippen LogP contribution in [0.3, 0.4) is 0 Å². The number of carboxylic acid groups (broad SMARTS) is 1. The molecule has 2 heterocycles. The molecular formula is C16H22NO2+. The molecule has 0 aromatic heterocycles. The third-order valence-electron chi connectivity index (χ3n) is 5.32. The minimum absolute atomic E-state index is 0.435. The maximum absolute atomic E-state index is 11.6. The van der Waals surface area contributed by atoms with Crippen LogP contribution in [0.1, 0.15) is 31.7 Å². The van der Waals surface area contributed by atoms with Crippen LogP contribution in [0.4, 0.5) is 0 Å². The Morgan fingerprint density at radius 1 is 1.42 bits per heavy atom. The van der Waals surface area contributed by atoms with Crippen molar-refractivity contribution in [1.29, 1.82) is 0 Å². The van der Waals surface area contributed by atoms with E-state index in [1.54, 1.807) is 0 Å². The summed E-state index contributed by atoms with van der Waals surface area (Å²) >= 11 is 0. The van der Waals surface area contributed by atoms with Crippen molar-refractivity contribution < 1.29 is 14.4 Å². The van der Waals surface area contributed by atoms with Gasteiger partial charge in [0.15, 0.2) is 0 Å². The maximum atomic E-state index is 11.6. The van der Waals surface area contributed by atoms with Crippen molar-refractivity contribution in [3.05, 3.63) is 35.9 Å². The summed E-state index contributed by atoms with van der Waals surface area (Å²) in [5.74, 6) is -0.573. The SMILES string of the molecule is CCC1CC2(C(=O)O)CC[N+]1(Cc1ccccc1)C2. The fourth-order valence-electron chi connectivity index (χ4n) is 4.33. The lowest BCUT2D eigenvalue weighted by Gasteiger charge is -2.38. The number of carbonyl (C=O) groups is 1. The second-order valence-electron chi connectivity index (χ2n) is 6.35. The molecule has 2 aliphatic heterocycles. The smallest absolute Gasteiger partial charge is 0.315 e. The Bertz CT molecular complexity index is 487. The zero-order chi connectivity index (χ0) is 13.5. The van der Waals surface area contributed by atoms with E-state index in [4.69, 9.17) is 0 Å². The van der Waals surface area contributed by atoms with Crippen molar-refractivity contribution in [2.75, 3.05) is 13.1 Å². The van der Waals surface area contributed by atoms with E-state index in [1.165, 1.54) is 5.56 Å². The zero-order valence-electron chi connectivity index (χ0n) is 11.5. The van der Waals surface area contributed by atoms with Crippen molar-refractivity contribution in [1.82, 2.24) is 0 Å². The van der Waals surface area contributed by atoms with Crippen molar-refractivity contribution >= 4 is 5.97 Å². The Morgan fingerprint density at radius 2 is 2.16 bits per heavy atom. The lowest BCUT2D eigenvalue weighted by Crippen LogP contribution is -2.49. The predicted octanol–water partition coefficient (Wildman–Crippen LogP) is 2.66. The molecule has 19 heavy (non-hydrogen) atoms. The van der Waals surface area contributed by atoms with Gasteiger partial charge in [0.1, 0.15) is 12.0 Å². The van der Waals surface area contributed by atoms with Crippen LogP contribution in [0.2, 0.25) is 0 Å². The lowest BCUT2D eigenvalue weighted by atomic mass is 9.82. The lowest BCUT2D eigenvalue weighted by molar-refractivity contribution is -0.945. The monoisotopic (exact) mass is 260 g/mol. The minimum atomic E-state index is -0.573. The van der Waals surface area contributed by atoms with Crippen molar-refractivity contribution in [3.63, 3.8) is 0 Å². The van der Waals surface area contributed by atoms with Crippen LogP contribution < -0.4 is 0 Å². The molecule has 0 saturated carbocycles. The predicted molar refractivity (Wildman–Crippen MR) is 73.5 cm³/mol. The summed E-state index contributed by atoms with van der Waals surface area (Å²) in [6.45, 7) is 5.05. The van der Waals surface area contributed by atoms with E-state index in [0.29, 0.717) is 6.04 Å². The molecule has 102 valence electrons. The molecule has 2 aliphatic rings. The first-order chi connectivity index (χ1) is 9.10. The number of aliphatic carboxylic acids is 1. The van der Waals surface area contributed by atoms with Gasteiger partial charge in [-0.2, -0.15) is 0 Å². The van der Waals surface area contributed by atoms with E-state index in [2.05, 4.69) is 31.2 Å². The average Bonchev–Trinajstić information content (AvgIpc) is 2.93. The molecule has 0 aliphatic carbocycles. The van der Waals surface area contributed by atoms with Crippen molar-refractivity contribution in [2.24, 2.45) is 5.41 Å². The highest BCUT2D eigenvalue weighted by Gasteiger charge is 2.63. The molecule has 3 heteroatoms. The highest BCUT2D eigenvalue weighted by molar-refractivity contribution is 5.75. The number of rotatable bonds is 4. The Kier molecular flexibility index (Phi) is 2.90. The van der Waals surface area contributed by atoms with Crippen LogP contribution in [0.15, 0.2) is 30.3 Å². The third-order valence-corrected chi connectivity index (χ3v) is 5.32. The van der Waals surface area contributed by atoms with Gasteiger partial charge in [-0.3, -0.25) is 4.79 Å². The normalized spacial score (nSPS) is 36.6. The summed E-state index contributed by atoms with van der Waals surface area (Å²) in [6.07, 6.45) is 2.80.